The second-order valence-electron chi connectivity index (χ2n) is 3.11. The van der Waals surface area contributed by atoms with E-state index in [2.05, 4.69) is 4.99 Å². The van der Waals surface area contributed by atoms with E-state index in [9.17, 15) is 8.42 Å². The van der Waals surface area contributed by atoms with Gasteiger partial charge in [0.1, 0.15) is 10.7 Å². The molecule has 1 rings (SSSR count). The molecule has 0 heterocycles. The molecule has 0 saturated carbocycles. The summed E-state index contributed by atoms with van der Waals surface area (Å²) in [5.74, 6) is -0.913. The maximum Gasteiger partial charge on any atom is 0.295 e. The molecule has 0 atom stereocenters. The van der Waals surface area contributed by atoms with Crippen LogP contribution in [0.3, 0.4) is 0 Å². The summed E-state index contributed by atoms with van der Waals surface area (Å²) in [6.07, 6.45) is 0. The second kappa shape index (κ2) is 4.39. The van der Waals surface area contributed by atoms with Crippen molar-refractivity contribution in [2.75, 3.05) is 5.73 Å². The van der Waals surface area contributed by atoms with Gasteiger partial charge >= 0.3 is 0 Å². The maximum atomic E-state index is 11.1. The molecule has 0 spiro atoms. The summed E-state index contributed by atoms with van der Waals surface area (Å²) in [5.41, 5.74) is 16.1. The Morgan fingerprint density at radius 2 is 1.94 bits per heavy atom. The molecule has 0 aliphatic heterocycles. The summed E-state index contributed by atoms with van der Waals surface area (Å²) >= 11 is 0. The van der Waals surface area contributed by atoms with Gasteiger partial charge in [-0.15, -0.1) is 0 Å². The monoisotopic (exact) mass is 257 g/mol. The molecule has 92 valence electrons. The minimum absolute atomic E-state index is 0.109. The highest BCUT2D eigenvalue weighted by atomic mass is 32.2. The number of nitrogens with one attached hydrogen (secondary N) is 1. The molecular weight excluding hydrogens is 246 g/mol. The molecule has 0 unspecified atom stereocenters. The zero-order chi connectivity index (χ0) is 13.2. The molecule has 0 bridgehead atoms. The van der Waals surface area contributed by atoms with Crippen molar-refractivity contribution in [1.82, 2.24) is 0 Å². The molecule has 0 fully saturated rings. The van der Waals surface area contributed by atoms with Crippen LogP contribution in [0.4, 0.5) is 5.69 Å². The number of amidine groups is 1. The van der Waals surface area contributed by atoms with Gasteiger partial charge in [0.15, 0.2) is 0 Å². The fourth-order valence-corrected chi connectivity index (χ4v) is 1.84. The number of hydrogen-bond donors (Lipinski definition) is 5. The molecule has 1 aromatic carbocycles. The summed E-state index contributed by atoms with van der Waals surface area (Å²) in [7, 11) is -4.46. The van der Waals surface area contributed by atoms with E-state index < -0.39 is 21.0 Å². The van der Waals surface area contributed by atoms with Gasteiger partial charge in [0.2, 0.25) is 5.96 Å². The molecule has 0 aliphatic rings. The van der Waals surface area contributed by atoms with Crippen LogP contribution in [0.1, 0.15) is 5.56 Å². The molecule has 8 nitrogen and oxygen atoms in total. The van der Waals surface area contributed by atoms with Crippen LogP contribution in [0.5, 0.6) is 0 Å². The lowest BCUT2D eigenvalue weighted by Crippen LogP contribution is -2.21. The molecule has 0 aromatic heterocycles. The molecule has 1 aromatic rings. The van der Waals surface area contributed by atoms with E-state index in [1.54, 1.807) is 0 Å². The molecule has 9 heteroatoms. The Morgan fingerprint density at radius 1 is 1.35 bits per heavy atom. The fourth-order valence-electron chi connectivity index (χ4n) is 1.16. The van der Waals surface area contributed by atoms with Gasteiger partial charge in [-0.05, 0) is 18.2 Å². The number of guanidine groups is 1. The summed E-state index contributed by atoms with van der Waals surface area (Å²) in [6.45, 7) is 0. The van der Waals surface area contributed by atoms with E-state index in [0.29, 0.717) is 0 Å². The normalized spacial score (nSPS) is 12.4. The van der Waals surface area contributed by atoms with Crippen molar-refractivity contribution in [1.29, 1.82) is 5.41 Å². The van der Waals surface area contributed by atoms with Crippen LogP contribution in [-0.4, -0.2) is 24.8 Å². The summed E-state index contributed by atoms with van der Waals surface area (Å²) in [4.78, 5) is 2.94. The first-order valence-corrected chi connectivity index (χ1v) is 5.71. The van der Waals surface area contributed by atoms with Crippen LogP contribution in [-0.2, 0) is 10.1 Å². The van der Waals surface area contributed by atoms with Gasteiger partial charge in [-0.1, -0.05) is 0 Å². The molecule has 8 N–H and O–H groups in total. The maximum absolute atomic E-state index is 11.1. The highest BCUT2D eigenvalue weighted by molar-refractivity contribution is 7.86. The lowest BCUT2D eigenvalue weighted by Gasteiger charge is -2.07. The number of nitrogen functional groups attached to an aromatic ring is 1. The van der Waals surface area contributed by atoms with E-state index in [1.165, 1.54) is 12.1 Å². The first-order chi connectivity index (χ1) is 7.71. The number of anilines is 1. The van der Waals surface area contributed by atoms with Gasteiger partial charge in [0.05, 0.1) is 0 Å². The first-order valence-electron chi connectivity index (χ1n) is 4.27. The van der Waals surface area contributed by atoms with Crippen LogP contribution in [0, 0.1) is 5.41 Å². The van der Waals surface area contributed by atoms with E-state index in [1.807, 2.05) is 0 Å². The number of nitrogens with two attached hydrogens (primary N) is 3. The second-order valence-corrected chi connectivity index (χ2v) is 4.50. The number of benzene rings is 1. The summed E-state index contributed by atoms with van der Waals surface area (Å²) in [6, 6.07) is 3.58. The first kappa shape index (κ1) is 12.9. The largest absolute Gasteiger partial charge is 0.399 e. The average molecular weight is 257 g/mol. The molecule has 0 amide bonds. The minimum Gasteiger partial charge on any atom is -0.399 e. The smallest absolute Gasteiger partial charge is 0.295 e. The Bertz CT molecular complexity index is 593. The molecule has 17 heavy (non-hydrogen) atoms. The Balaban J connectivity index is 3.51. The summed E-state index contributed by atoms with van der Waals surface area (Å²) < 4.78 is 31.1. The highest BCUT2D eigenvalue weighted by Gasteiger charge is 2.18. The Labute approximate surface area is 97.4 Å². The quantitative estimate of drug-likeness (QED) is 0.199. The minimum atomic E-state index is -4.46. The van der Waals surface area contributed by atoms with Crippen molar-refractivity contribution in [2.45, 2.75) is 4.90 Å². The van der Waals surface area contributed by atoms with E-state index >= 15 is 0 Å². The van der Waals surface area contributed by atoms with Crippen molar-refractivity contribution in [3.8, 4) is 0 Å². The van der Waals surface area contributed by atoms with E-state index in [0.717, 1.165) is 6.07 Å². The van der Waals surface area contributed by atoms with Crippen molar-refractivity contribution in [2.24, 2.45) is 16.5 Å². The van der Waals surface area contributed by atoms with Gasteiger partial charge in [-0.25, -0.2) is 0 Å². The number of nitrogens with zero attached hydrogens (tertiary/aromatic N) is 1. The standard InChI is InChI=1S/C8H11N5O3S/c9-4-1-2-6(17(14,15)16)5(3-4)7(10)13-8(11)12/h1-3H,9H2,(H,14,15,16)(H5,10,11,12,13). The number of aliphatic imine (C=N–C) groups is 1. The molecule has 0 saturated heterocycles. The van der Waals surface area contributed by atoms with E-state index in [4.69, 9.17) is 27.2 Å². The average Bonchev–Trinajstić information content (AvgIpc) is 2.14. The predicted molar refractivity (Wildman–Crippen MR) is 63.3 cm³/mol. The summed E-state index contributed by atoms with van der Waals surface area (Å²) in [5, 5.41) is 6.92. The van der Waals surface area contributed by atoms with Crippen LogP contribution < -0.4 is 17.2 Å². The third-order valence-corrected chi connectivity index (χ3v) is 2.71. The van der Waals surface area contributed by atoms with Gasteiger partial charge in [-0.3, -0.25) is 9.96 Å². The van der Waals surface area contributed by atoms with Crippen LogP contribution in [0.25, 0.3) is 0 Å². The topological polar surface area (TPSA) is 169 Å². The van der Waals surface area contributed by atoms with Crippen molar-refractivity contribution >= 4 is 27.6 Å². The lowest BCUT2D eigenvalue weighted by atomic mass is 10.2. The lowest BCUT2D eigenvalue weighted by molar-refractivity contribution is 0.483. The van der Waals surface area contributed by atoms with Crippen molar-refractivity contribution in [3.05, 3.63) is 23.8 Å². The van der Waals surface area contributed by atoms with Crippen molar-refractivity contribution < 1.29 is 13.0 Å². The number of hydrogen-bond acceptors (Lipinski definition) is 4. The molecular formula is C8H11N5O3S. The van der Waals surface area contributed by atoms with Crippen LogP contribution >= 0.6 is 0 Å². The Hall–Kier alpha value is -2.13. The third kappa shape index (κ3) is 3.16. The molecule has 0 radical (unpaired) electrons. The molecule has 0 aliphatic carbocycles. The van der Waals surface area contributed by atoms with E-state index in [-0.39, 0.29) is 17.1 Å². The number of rotatable bonds is 2. The predicted octanol–water partition coefficient (Wildman–Crippen LogP) is -0.886. The van der Waals surface area contributed by atoms with Crippen LogP contribution in [0.2, 0.25) is 0 Å². The zero-order valence-electron chi connectivity index (χ0n) is 8.58. The third-order valence-electron chi connectivity index (χ3n) is 1.80. The van der Waals surface area contributed by atoms with Crippen LogP contribution in [0.15, 0.2) is 28.1 Å². The van der Waals surface area contributed by atoms with Gasteiger partial charge in [0, 0.05) is 11.3 Å². The Morgan fingerprint density at radius 3 is 2.41 bits per heavy atom. The highest BCUT2D eigenvalue weighted by Crippen LogP contribution is 2.18. The van der Waals surface area contributed by atoms with Gasteiger partial charge in [-0.2, -0.15) is 13.4 Å². The Kier molecular flexibility index (Phi) is 3.34. The van der Waals surface area contributed by atoms with Crippen molar-refractivity contribution in [3.63, 3.8) is 0 Å². The van der Waals surface area contributed by atoms with Gasteiger partial charge < -0.3 is 17.2 Å². The van der Waals surface area contributed by atoms with Gasteiger partial charge in [0.25, 0.3) is 10.1 Å². The zero-order valence-corrected chi connectivity index (χ0v) is 9.40. The SMILES string of the molecule is N=C(N)/N=C(\N)c1cc(N)ccc1S(=O)(=O)O. The fraction of sp³-hybridized carbons (Fsp3) is 0.